The van der Waals surface area contributed by atoms with Gasteiger partial charge in [0.2, 0.25) is 0 Å². The molecule has 1 fully saturated rings. The minimum absolute atomic E-state index is 0.412. The minimum atomic E-state index is 0.412. The third kappa shape index (κ3) is 4.97. The standard InChI is InChI=1S/C20H29N5S/c1-4-21-20(22-12-17-14-26-19(23-17)15(2)3)24-16-10-11-25(13-16)18-8-6-5-7-9-18/h5-9,14-16H,4,10-13H2,1-3H3,(H2,21,22,24). The number of benzene rings is 1. The SMILES string of the molecule is CCNC(=NCc1csc(C(C)C)n1)NC1CCN(c2ccccc2)C1. The number of hydrogen-bond donors (Lipinski definition) is 2. The molecule has 2 aromatic rings. The molecule has 1 unspecified atom stereocenters. The van der Waals surface area contributed by atoms with Gasteiger partial charge in [0.1, 0.15) is 0 Å². The number of nitrogens with zero attached hydrogens (tertiary/aromatic N) is 3. The quantitative estimate of drug-likeness (QED) is 0.602. The fourth-order valence-electron chi connectivity index (χ4n) is 3.09. The van der Waals surface area contributed by atoms with Crippen LogP contribution in [0, 0.1) is 0 Å². The molecule has 0 aliphatic carbocycles. The Morgan fingerprint density at radius 3 is 2.85 bits per heavy atom. The number of aliphatic imine (C=N–C) groups is 1. The predicted octanol–water partition coefficient (Wildman–Crippen LogP) is 3.60. The van der Waals surface area contributed by atoms with Crippen molar-refractivity contribution in [3.05, 3.63) is 46.4 Å². The highest BCUT2D eigenvalue weighted by Crippen LogP contribution is 2.20. The fourth-order valence-corrected chi connectivity index (χ4v) is 3.91. The van der Waals surface area contributed by atoms with Crippen molar-refractivity contribution in [3.8, 4) is 0 Å². The lowest BCUT2D eigenvalue weighted by atomic mass is 10.2. The molecule has 6 heteroatoms. The normalized spacial score (nSPS) is 17.8. The second kappa shape index (κ2) is 9.03. The van der Waals surface area contributed by atoms with Crippen LogP contribution >= 0.6 is 11.3 Å². The monoisotopic (exact) mass is 371 g/mol. The highest BCUT2D eigenvalue weighted by molar-refractivity contribution is 7.09. The van der Waals surface area contributed by atoms with Crippen molar-refractivity contribution in [2.45, 2.75) is 45.7 Å². The Morgan fingerprint density at radius 1 is 1.35 bits per heavy atom. The third-order valence-corrected chi connectivity index (χ3v) is 5.65. The van der Waals surface area contributed by atoms with Crippen LogP contribution in [-0.4, -0.2) is 36.6 Å². The summed E-state index contributed by atoms with van der Waals surface area (Å²) < 4.78 is 0. The summed E-state index contributed by atoms with van der Waals surface area (Å²) in [5.41, 5.74) is 2.34. The molecule has 2 N–H and O–H groups in total. The molecule has 1 aliphatic rings. The van der Waals surface area contributed by atoms with Gasteiger partial charge in [-0.05, 0) is 25.5 Å². The maximum absolute atomic E-state index is 4.74. The van der Waals surface area contributed by atoms with Crippen LogP contribution in [0.15, 0.2) is 40.7 Å². The molecule has 5 nitrogen and oxygen atoms in total. The number of aromatic nitrogens is 1. The second-order valence-electron chi connectivity index (χ2n) is 6.94. The van der Waals surface area contributed by atoms with Gasteiger partial charge in [-0.2, -0.15) is 0 Å². The summed E-state index contributed by atoms with van der Waals surface area (Å²) in [4.78, 5) is 11.8. The number of nitrogens with one attached hydrogen (secondary N) is 2. The molecule has 1 saturated heterocycles. The summed E-state index contributed by atoms with van der Waals surface area (Å²) in [7, 11) is 0. The Hall–Kier alpha value is -2.08. The van der Waals surface area contributed by atoms with E-state index in [1.54, 1.807) is 11.3 Å². The first kappa shape index (κ1) is 18.7. The van der Waals surface area contributed by atoms with Crippen LogP contribution in [0.5, 0.6) is 0 Å². The van der Waals surface area contributed by atoms with E-state index in [1.165, 1.54) is 10.7 Å². The molecule has 0 spiro atoms. The van der Waals surface area contributed by atoms with Crippen molar-refractivity contribution < 1.29 is 0 Å². The van der Waals surface area contributed by atoms with E-state index in [0.717, 1.165) is 37.7 Å². The predicted molar refractivity (Wildman–Crippen MR) is 111 cm³/mol. The fraction of sp³-hybridized carbons (Fsp3) is 0.500. The van der Waals surface area contributed by atoms with Gasteiger partial charge in [-0.25, -0.2) is 9.98 Å². The smallest absolute Gasteiger partial charge is 0.191 e. The zero-order valence-electron chi connectivity index (χ0n) is 15.9. The van der Waals surface area contributed by atoms with Crippen molar-refractivity contribution in [1.29, 1.82) is 0 Å². The first-order valence-corrected chi connectivity index (χ1v) is 10.3. The molecule has 0 saturated carbocycles. The van der Waals surface area contributed by atoms with Gasteiger partial charge < -0.3 is 15.5 Å². The molecule has 0 radical (unpaired) electrons. The second-order valence-corrected chi connectivity index (χ2v) is 7.83. The lowest BCUT2D eigenvalue weighted by Gasteiger charge is -2.20. The number of anilines is 1. The van der Waals surface area contributed by atoms with Gasteiger partial charge in [-0.15, -0.1) is 11.3 Å². The zero-order chi connectivity index (χ0) is 18.4. The van der Waals surface area contributed by atoms with E-state index in [1.807, 2.05) is 0 Å². The average molecular weight is 372 g/mol. The van der Waals surface area contributed by atoms with Crippen molar-refractivity contribution in [1.82, 2.24) is 15.6 Å². The Bertz CT molecular complexity index is 710. The number of thiazole rings is 1. The van der Waals surface area contributed by atoms with Crippen LogP contribution in [0.25, 0.3) is 0 Å². The van der Waals surface area contributed by atoms with Crippen molar-refractivity contribution in [3.63, 3.8) is 0 Å². The third-order valence-electron chi connectivity index (χ3n) is 4.46. The van der Waals surface area contributed by atoms with E-state index < -0.39 is 0 Å². The van der Waals surface area contributed by atoms with Crippen LogP contribution in [0.4, 0.5) is 5.69 Å². The maximum Gasteiger partial charge on any atom is 0.191 e. The molecule has 3 rings (SSSR count). The summed E-state index contributed by atoms with van der Waals surface area (Å²) in [5, 5.41) is 10.3. The van der Waals surface area contributed by atoms with Crippen LogP contribution in [0.2, 0.25) is 0 Å². The van der Waals surface area contributed by atoms with Crippen LogP contribution in [0.1, 0.15) is 43.8 Å². The molecule has 1 aromatic carbocycles. The van der Waals surface area contributed by atoms with Gasteiger partial charge in [0.15, 0.2) is 5.96 Å². The maximum atomic E-state index is 4.74. The van der Waals surface area contributed by atoms with Gasteiger partial charge in [0, 0.05) is 42.7 Å². The van der Waals surface area contributed by atoms with Gasteiger partial charge in [-0.1, -0.05) is 32.0 Å². The van der Waals surface area contributed by atoms with Crippen molar-refractivity contribution in [2.24, 2.45) is 4.99 Å². The largest absolute Gasteiger partial charge is 0.369 e. The number of hydrogen-bond acceptors (Lipinski definition) is 4. The molecule has 1 aromatic heterocycles. The Balaban J connectivity index is 1.57. The molecular weight excluding hydrogens is 342 g/mol. The van der Waals surface area contributed by atoms with E-state index in [0.29, 0.717) is 18.5 Å². The summed E-state index contributed by atoms with van der Waals surface area (Å²) >= 11 is 1.73. The van der Waals surface area contributed by atoms with E-state index in [9.17, 15) is 0 Å². The van der Waals surface area contributed by atoms with E-state index in [4.69, 9.17) is 4.99 Å². The van der Waals surface area contributed by atoms with E-state index in [2.05, 4.69) is 77.0 Å². The first-order valence-electron chi connectivity index (χ1n) is 9.45. The first-order chi connectivity index (χ1) is 12.7. The Morgan fingerprint density at radius 2 is 2.15 bits per heavy atom. The van der Waals surface area contributed by atoms with Crippen LogP contribution in [0.3, 0.4) is 0 Å². The molecule has 1 atom stereocenters. The van der Waals surface area contributed by atoms with E-state index in [-0.39, 0.29) is 0 Å². The molecule has 2 heterocycles. The Kier molecular flexibility index (Phi) is 6.50. The van der Waals surface area contributed by atoms with Crippen LogP contribution < -0.4 is 15.5 Å². The highest BCUT2D eigenvalue weighted by atomic mass is 32.1. The summed E-state index contributed by atoms with van der Waals surface area (Å²) in [5.74, 6) is 1.36. The lowest BCUT2D eigenvalue weighted by molar-refractivity contribution is 0.648. The van der Waals surface area contributed by atoms with Gasteiger partial charge in [0.05, 0.1) is 17.2 Å². The molecular formula is C20H29N5S. The van der Waals surface area contributed by atoms with Crippen LogP contribution in [-0.2, 0) is 6.54 Å². The molecule has 140 valence electrons. The van der Waals surface area contributed by atoms with Crippen molar-refractivity contribution in [2.75, 3.05) is 24.5 Å². The number of guanidine groups is 1. The summed E-state index contributed by atoms with van der Waals surface area (Å²) in [6.45, 7) is 10.0. The van der Waals surface area contributed by atoms with Gasteiger partial charge in [0.25, 0.3) is 0 Å². The molecule has 26 heavy (non-hydrogen) atoms. The summed E-state index contributed by atoms with van der Waals surface area (Å²) in [6, 6.07) is 11.0. The number of para-hydroxylation sites is 1. The van der Waals surface area contributed by atoms with E-state index >= 15 is 0 Å². The van der Waals surface area contributed by atoms with Gasteiger partial charge in [-0.3, -0.25) is 0 Å². The molecule has 1 aliphatic heterocycles. The Labute approximate surface area is 160 Å². The zero-order valence-corrected chi connectivity index (χ0v) is 16.7. The lowest BCUT2D eigenvalue weighted by Crippen LogP contribution is -2.44. The molecule has 0 amide bonds. The van der Waals surface area contributed by atoms with Gasteiger partial charge >= 0.3 is 0 Å². The highest BCUT2D eigenvalue weighted by Gasteiger charge is 2.23. The minimum Gasteiger partial charge on any atom is -0.369 e. The topological polar surface area (TPSA) is 52.6 Å². The molecule has 0 bridgehead atoms. The number of rotatable bonds is 6. The van der Waals surface area contributed by atoms with Crippen molar-refractivity contribution >= 4 is 23.0 Å². The summed E-state index contributed by atoms with van der Waals surface area (Å²) in [6.07, 6.45) is 1.12. The average Bonchev–Trinajstić information content (AvgIpc) is 3.30.